The van der Waals surface area contributed by atoms with Crippen LogP contribution in [0.15, 0.2) is 40.9 Å². The molecular formula is C16H14BrClO. The summed E-state index contributed by atoms with van der Waals surface area (Å²) >= 11 is 10.2. The van der Waals surface area contributed by atoms with E-state index in [4.69, 9.17) is 16.3 Å². The second kappa shape index (κ2) is 5.18. The third-order valence-corrected chi connectivity index (χ3v) is 4.61. The van der Waals surface area contributed by atoms with Crippen molar-refractivity contribution >= 4 is 27.5 Å². The van der Waals surface area contributed by atoms with Crippen molar-refractivity contribution < 1.29 is 4.74 Å². The Balaban J connectivity index is 1.97. The molecule has 0 N–H and O–H groups in total. The number of ether oxygens (including phenoxy) is 1. The molecule has 0 aliphatic carbocycles. The molecule has 19 heavy (non-hydrogen) atoms. The molecule has 3 heteroatoms. The maximum absolute atomic E-state index is 6.62. The van der Waals surface area contributed by atoms with E-state index in [9.17, 15) is 0 Å². The Labute approximate surface area is 126 Å². The third kappa shape index (κ3) is 2.52. The summed E-state index contributed by atoms with van der Waals surface area (Å²) in [6.45, 7) is 2.85. The molecule has 0 amide bonds. The molecule has 1 unspecified atom stereocenters. The highest BCUT2D eigenvalue weighted by Crippen LogP contribution is 2.37. The summed E-state index contributed by atoms with van der Waals surface area (Å²) in [6.07, 6.45) is 0.974. The Morgan fingerprint density at radius 1 is 1.21 bits per heavy atom. The zero-order valence-corrected chi connectivity index (χ0v) is 13.0. The maximum Gasteiger partial charge on any atom is 0.122 e. The van der Waals surface area contributed by atoms with Gasteiger partial charge in [-0.3, -0.25) is 0 Å². The number of alkyl halides is 1. The van der Waals surface area contributed by atoms with Crippen molar-refractivity contribution in [3.05, 3.63) is 63.1 Å². The average molecular weight is 338 g/mol. The predicted octanol–water partition coefficient (Wildman–Crippen LogP) is 5.02. The fraction of sp³-hybridized carbons (Fsp3) is 0.250. The van der Waals surface area contributed by atoms with Crippen LogP contribution in [0, 0.1) is 6.92 Å². The van der Waals surface area contributed by atoms with Crippen molar-refractivity contribution in [2.45, 2.75) is 18.7 Å². The molecule has 2 aromatic rings. The van der Waals surface area contributed by atoms with Gasteiger partial charge in [0.15, 0.2) is 0 Å². The van der Waals surface area contributed by atoms with Gasteiger partial charge in [0.25, 0.3) is 0 Å². The SMILES string of the molecule is Cc1ccc(C(Cl)c2ccc3c(c2)CCO3)c(Br)c1. The van der Waals surface area contributed by atoms with Crippen LogP contribution in [0.1, 0.15) is 27.6 Å². The molecule has 0 saturated heterocycles. The van der Waals surface area contributed by atoms with Gasteiger partial charge in [0.2, 0.25) is 0 Å². The number of halogens is 2. The van der Waals surface area contributed by atoms with Gasteiger partial charge in [-0.05, 0) is 41.3 Å². The second-order valence-electron chi connectivity index (χ2n) is 4.85. The molecule has 0 radical (unpaired) electrons. The van der Waals surface area contributed by atoms with Gasteiger partial charge >= 0.3 is 0 Å². The normalized spacial score (nSPS) is 14.9. The van der Waals surface area contributed by atoms with E-state index in [2.05, 4.69) is 47.1 Å². The first kappa shape index (κ1) is 13.0. The first-order valence-corrected chi connectivity index (χ1v) is 7.54. The van der Waals surface area contributed by atoms with Gasteiger partial charge in [-0.25, -0.2) is 0 Å². The fourth-order valence-electron chi connectivity index (χ4n) is 2.38. The number of hydrogen-bond acceptors (Lipinski definition) is 1. The molecular weight excluding hydrogens is 324 g/mol. The molecule has 0 saturated carbocycles. The molecule has 0 spiro atoms. The lowest BCUT2D eigenvalue weighted by Gasteiger charge is -2.14. The van der Waals surface area contributed by atoms with Crippen LogP contribution in [0.2, 0.25) is 0 Å². The lowest BCUT2D eigenvalue weighted by atomic mass is 10.0. The number of hydrogen-bond donors (Lipinski definition) is 0. The van der Waals surface area contributed by atoms with Crippen LogP contribution in [-0.4, -0.2) is 6.61 Å². The van der Waals surface area contributed by atoms with Gasteiger partial charge in [-0.1, -0.05) is 40.2 Å². The van der Waals surface area contributed by atoms with E-state index >= 15 is 0 Å². The summed E-state index contributed by atoms with van der Waals surface area (Å²) in [5.41, 5.74) is 4.70. The molecule has 1 nitrogen and oxygen atoms in total. The van der Waals surface area contributed by atoms with E-state index in [0.717, 1.165) is 34.4 Å². The van der Waals surface area contributed by atoms with Crippen molar-refractivity contribution in [1.29, 1.82) is 0 Å². The highest BCUT2D eigenvalue weighted by molar-refractivity contribution is 9.10. The van der Waals surface area contributed by atoms with Crippen LogP contribution in [0.25, 0.3) is 0 Å². The molecule has 0 bridgehead atoms. The van der Waals surface area contributed by atoms with Gasteiger partial charge in [0, 0.05) is 10.9 Å². The molecule has 0 aromatic heterocycles. The Kier molecular flexibility index (Phi) is 3.55. The van der Waals surface area contributed by atoms with Crippen molar-refractivity contribution in [1.82, 2.24) is 0 Å². The molecule has 1 heterocycles. The minimum Gasteiger partial charge on any atom is -0.493 e. The summed E-state index contributed by atoms with van der Waals surface area (Å²) in [6, 6.07) is 12.5. The van der Waals surface area contributed by atoms with Crippen LogP contribution in [0.3, 0.4) is 0 Å². The largest absolute Gasteiger partial charge is 0.493 e. The maximum atomic E-state index is 6.62. The molecule has 0 fully saturated rings. The summed E-state index contributed by atoms with van der Waals surface area (Å²) in [5.74, 6) is 0.996. The first-order chi connectivity index (χ1) is 9.15. The lowest BCUT2D eigenvalue weighted by molar-refractivity contribution is 0.357. The topological polar surface area (TPSA) is 9.23 Å². The second-order valence-corrected chi connectivity index (χ2v) is 6.14. The van der Waals surface area contributed by atoms with Crippen molar-refractivity contribution in [2.24, 2.45) is 0 Å². The predicted molar refractivity (Wildman–Crippen MR) is 82.2 cm³/mol. The van der Waals surface area contributed by atoms with Crippen molar-refractivity contribution in [2.75, 3.05) is 6.61 Å². The molecule has 1 aliphatic heterocycles. The van der Waals surface area contributed by atoms with Crippen LogP contribution >= 0.6 is 27.5 Å². The van der Waals surface area contributed by atoms with E-state index < -0.39 is 0 Å². The van der Waals surface area contributed by atoms with Crippen LogP contribution in [-0.2, 0) is 6.42 Å². The zero-order valence-electron chi connectivity index (χ0n) is 10.6. The van der Waals surface area contributed by atoms with E-state index in [1.165, 1.54) is 11.1 Å². The highest BCUT2D eigenvalue weighted by Gasteiger charge is 2.18. The minimum absolute atomic E-state index is 0.138. The Morgan fingerprint density at radius 2 is 2.05 bits per heavy atom. The number of aryl methyl sites for hydroxylation is 1. The quantitative estimate of drug-likeness (QED) is 0.699. The minimum atomic E-state index is -0.138. The first-order valence-electron chi connectivity index (χ1n) is 6.31. The molecule has 98 valence electrons. The van der Waals surface area contributed by atoms with Gasteiger partial charge < -0.3 is 4.74 Å². The summed E-state index contributed by atoms with van der Waals surface area (Å²) in [5, 5.41) is -0.138. The lowest BCUT2D eigenvalue weighted by Crippen LogP contribution is -1.96. The highest BCUT2D eigenvalue weighted by atomic mass is 79.9. The molecule has 2 aromatic carbocycles. The standard InChI is InChI=1S/C16H14BrClO/c1-10-2-4-13(14(17)8-10)16(18)12-3-5-15-11(9-12)6-7-19-15/h2-5,8-9,16H,6-7H2,1H3. The van der Waals surface area contributed by atoms with Crippen molar-refractivity contribution in [3.63, 3.8) is 0 Å². The van der Waals surface area contributed by atoms with E-state index in [1.807, 2.05) is 12.1 Å². The summed E-state index contributed by atoms with van der Waals surface area (Å²) < 4.78 is 6.59. The van der Waals surface area contributed by atoms with Crippen LogP contribution in [0.5, 0.6) is 5.75 Å². The smallest absolute Gasteiger partial charge is 0.122 e. The molecule has 3 rings (SSSR count). The molecule has 1 aliphatic rings. The van der Waals surface area contributed by atoms with E-state index in [0.29, 0.717) is 0 Å². The monoisotopic (exact) mass is 336 g/mol. The van der Waals surface area contributed by atoms with Gasteiger partial charge in [0.05, 0.1) is 12.0 Å². The van der Waals surface area contributed by atoms with Crippen molar-refractivity contribution in [3.8, 4) is 5.75 Å². The van der Waals surface area contributed by atoms with Gasteiger partial charge in [-0.15, -0.1) is 11.6 Å². The van der Waals surface area contributed by atoms with Gasteiger partial charge in [-0.2, -0.15) is 0 Å². The zero-order chi connectivity index (χ0) is 13.4. The number of fused-ring (bicyclic) bond motifs is 1. The third-order valence-electron chi connectivity index (χ3n) is 3.44. The number of benzene rings is 2. The Hall–Kier alpha value is -0.990. The summed E-state index contributed by atoms with van der Waals surface area (Å²) in [4.78, 5) is 0. The van der Waals surface area contributed by atoms with Crippen LogP contribution < -0.4 is 4.74 Å². The van der Waals surface area contributed by atoms with Gasteiger partial charge in [0.1, 0.15) is 5.75 Å². The Morgan fingerprint density at radius 3 is 2.84 bits per heavy atom. The van der Waals surface area contributed by atoms with Crippen LogP contribution in [0.4, 0.5) is 0 Å². The number of rotatable bonds is 2. The fourth-order valence-corrected chi connectivity index (χ4v) is 3.56. The Bertz CT molecular complexity index is 624. The van der Waals surface area contributed by atoms with E-state index in [-0.39, 0.29) is 5.38 Å². The average Bonchev–Trinajstić information content (AvgIpc) is 2.85. The van der Waals surface area contributed by atoms with E-state index in [1.54, 1.807) is 0 Å². The summed E-state index contributed by atoms with van der Waals surface area (Å²) in [7, 11) is 0. The molecule has 1 atom stereocenters.